The molecule has 2 heterocycles. The molecule has 2 N–H and O–H groups in total. The van der Waals surface area contributed by atoms with Gasteiger partial charge in [0.2, 0.25) is 5.95 Å². The van der Waals surface area contributed by atoms with Crippen LogP contribution in [0.5, 0.6) is 0 Å². The van der Waals surface area contributed by atoms with Gasteiger partial charge in [0.25, 0.3) is 0 Å². The summed E-state index contributed by atoms with van der Waals surface area (Å²) in [6, 6.07) is 0.299. The third kappa shape index (κ3) is 3.35. The molecule has 3 rings (SSSR count). The summed E-state index contributed by atoms with van der Waals surface area (Å²) >= 11 is 0. The lowest BCUT2D eigenvalue weighted by Crippen LogP contribution is -2.30. The van der Waals surface area contributed by atoms with Crippen LogP contribution in [0, 0.1) is 18.8 Å². The second kappa shape index (κ2) is 6.92. The lowest BCUT2D eigenvalue weighted by Gasteiger charge is -2.17. The van der Waals surface area contributed by atoms with Gasteiger partial charge in [0.1, 0.15) is 0 Å². The molecule has 20 heavy (non-hydrogen) atoms. The van der Waals surface area contributed by atoms with Crippen molar-refractivity contribution in [2.45, 2.75) is 39.2 Å². The number of anilines is 1. The molecule has 2 aliphatic rings. The standard InChI is InChI=1S/C14H22N4.2ClH/c1-3-13-9(2)6-16-14(17-13)18-7-11(10-4-5-10)12(15)8-18;;/h6,10-12H,3-5,7-8,15H2,1-2H3;2*1H/t11-,12+;;/m1../s1. The highest BCUT2D eigenvalue weighted by molar-refractivity contribution is 5.85. The molecule has 0 spiro atoms. The quantitative estimate of drug-likeness (QED) is 0.929. The van der Waals surface area contributed by atoms with E-state index in [2.05, 4.69) is 28.7 Å². The second-order valence-electron chi connectivity index (χ2n) is 5.72. The minimum absolute atomic E-state index is 0. The van der Waals surface area contributed by atoms with Gasteiger partial charge < -0.3 is 10.6 Å². The summed E-state index contributed by atoms with van der Waals surface area (Å²) in [5, 5.41) is 0. The Morgan fingerprint density at radius 1 is 1.30 bits per heavy atom. The van der Waals surface area contributed by atoms with E-state index in [1.165, 1.54) is 18.4 Å². The van der Waals surface area contributed by atoms with Crippen molar-refractivity contribution in [1.82, 2.24) is 9.97 Å². The smallest absolute Gasteiger partial charge is 0.225 e. The molecule has 2 fully saturated rings. The van der Waals surface area contributed by atoms with Gasteiger partial charge in [-0.1, -0.05) is 6.92 Å². The number of aromatic nitrogens is 2. The Morgan fingerprint density at radius 3 is 2.60 bits per heavy atom. The van der Waals surface area contributed by atoms with Gasteiger partial charge in [0.05, 0.1) is 0 Å². The van der Waals surface area contributed by atoms with Crippen LogP contribution >= 0.6 is 24.8 Å². The Bertz CT molecular complexity index is 451. The third-order valence-electron chi connectivity index (χ3n) is 4.32. The van der Waals surface area contributed by atoms with Crippen molar-refractivity contribution in [3.63, 3.8) is 0 Å². The number of hydrogen-bond donors (Lipinski definition) is 1. The van der Waals surface area contributed by atoms with Crippen LogP contribution in [-0.2, 0) is 6.42 Å². The average Bonchev–Trinajstić information content (AvgIpc) is 3.13. The van der Waals surface area contributed by atoms with Crippen molar-refractivity contribution in [3.05, 3.63) is 17.5 Å². The molecule has 2 atom stereocenters. The summed E-state index contributed by atoms with van der Waals surface area (Å²) in [4.78, 5) is 11.4. The van der Waals surface area contributed by atoms with Crippen molar-refractivity contribution in [2.75, 3.05) is 18.0 Å². The molecule has 0 radical (unpaired) electrons. The summed E-state index contributed by atoms with van der Waals surface area (Å²) in [5.41, 5.74) is 8.59. The average molecular weight is 319 g/mol. The summed E-state index contributed by atoms with van der Waals surface area (Å²) < 4.78 is 0. The Balaban J connectivity index is 0.000001000. The second-order valence-corrected chi connectivity index (χ2v) is 5.72. The molecule has 0 amide bonds. The van der Waals surface area contributed by atoms with Gasteiger partial charge in [-0.2, -0.15) is 0 Å². The number of nitrogens with zero attached hydrogens (tertiary/aromatic N) is 3. The zero-order valence-corrected chi connectivity index (χ0v) is 13.7. The fourth-order valence-corrected chi connectivity index (χ4v) is 3.02. The molecule has 1 aromatic heterocycles. The van der Waals surface area contributed by atoms with Crippen molar-refractivity contribution >= 4 is 30.8 Å². The maximum absolute atomic E-state index is 6.25. The molecule has 0 aromatic carbocycles. The number of nitrogens with two attached hydrogens (primary N) is 1. The summed E-state index contributed by atoms with van der Waals surface area (Å²) in [7, 11) is 0. The number of rotatable bonds is 3. The fraction of sp³-hybridized carbons (Fsp3) is 0.714. The van der Waals surface area contributed by atoms with E-state index >= 15 is 0 Å². The molecule has 1 saturated carbocycles. The fourth-order valence-electron chi connectivity index (χ4n) is 3.02. The molecule has 1 aromatic rings. The summed E-state index contributed by atoms with van der Waals surface area (Å²) in [6.45, 7) is 6.17. The molecule has 4 nitrogen and oxygen atoms in total. The first-order chi connectivity index (χ1) is 8.69. The van der Waals surface area contributed by atoms with E-state index in [0.29, 0.717) is 12.0 Å². The van der Waals surface area contributed by atoms with Crippen molar-refractivity contribution in [1.29, 1.82) is 0 Å². The highest BCUT2D eigenvalue weighted by Crippen LogP contribution is 2.41. The van der Waals surface area contributed by atoms with Crippen LogP contribution in [0.1, 0.15) is 31.0 Å². The Morgan fingerprint density at radius 2 is 2.00 bits per heavy atom. The maximum Gasteiger partial charge on any atom is 0.225 e. The molecule has 6 heteroatoms. The predicted octanol–water partition coefficient (Wildman–Crippen LogP) is 2.36. The molecule has 1 aliphatic heterocycles. The van der Waals surface area contributed by atoms with Crippen molar-refractivity contribution in [3.8, 4) is 0 Å². The molecule has 0 bridgehead atoms. The van der Waals surface area contributed by atoms with Crippen LogP contribution in [-0.4, -0.2) is 29.1 Å². The van der Waals surface area contributed by atoms with Gasteiger partial charge in [-0.05, 0) is 43.6 Å². The van der Waals surface area contributed by atoms with E-state index in [-0.39, 0.29) is 24.8 Å². The highest BCUT2D eigenvalue weighted by Gasteiger charge is 2.41. The largest absolute Gasteiger partial charge is 0.339 e. The van der Waals surface area contributed by atoms with E-state index in [0.717, 1.165) is 37.1 Å². The van der Waals surface area contributed by atoms with Gasteiger partial charge >= 0.3 is 0 Å². The monoisotopic (exact) mass is 318 g/mol. The first kappa shape index (κ1) is 17.5. The highest BCUT2D eigenvalue weighted by atomic mass is 35.5. The van der Waals surface area contributed by atoms with Crippen molar-refractivity contribution < 1.29 is 0 Å². The normalized spacial score (nSPS) is 25.1. The summed E-state index contributed by atoms with van der Waals surface area (Å²) in [6.07, 6.45) is 5.63. The van der Waals surface area contributed by atoms with Crippen LogP contribution in [0.25, 0.3) is 0 Å². The predicted molar refractivity (Wildman–Crippen MR) is 87.0 cm³/mol. The Hall–Kier alpha value is -0.580. The number of hydrogen-bond acceptors (Lipinski definition) is 4. The number of halogens is 2. The minimum atomic E-state index is 0. The Labute approximate surface area is 133 Å². The van der Waals surface area contributed by atoms with Gasteiger partial charge in [-0.15, -0.1) is 24.8 Å². The minimum Gasteiger partial charge on any atom is -0.339 e. The maximum atomic E-state index is 6.25. The third-order valence-corrected chi connectivity index (χ3v) is 4.32. The van der Waals surface area contributed by atoms with Crippen LogP contribution in [0.2, 0.25) is 0 Å². The van der Waals surface area contributed by atoms with Gasteiger partial charge in [0.15, 0.2) is 0 Å². The van der Waals surface area contributed by atoms with E-state index in [4.69, 9.17) is 5.73 Å². The van der Waals surface area contributed by atoms with Gasteiger partial charge in [-0.3, -0.25) is 0 Å². The number of aryl methyl sites for hydroxylation is 2. The van der Waals surface area contributed by atoms with Crippen LogP contribution in [0.3, 0.4) is 0 Å². The lowest BCUT2D eigenvalue weighted by atomic mass is 9.99. The van der Waals surface area contributed by atoms with Crippen LogP contribution in [0.4, 0.5) is 5.95 Å². The molecular formula is C14H24Cl2N4. The lowest BCUT2D eigenvalue weighted by molar-refractivity contribution is 0.456. The van der Waals surface area contributed by atoms with E-state index < -0.39 is 0 Å². The first-order valence-corrected chi connectivity index (χ1v) is 7.02. The van der Waals surface area contributed by atoms with Crippen LogP contribution < -0.4 is 10.6 Å². The zero-order chi connectivity index (χ0) is 12.7. The van der Waals surface area contributed by atoms with E-state index in [1.54, 1.807) is 0 Å². The molecule has 0 unspecified atom stereocenters. The molecular weight excluding hydrogens is 295 g/mol. The summed E-state index contributed by atoms with van der Waals surface area (Å²) in [5.74, 6) is 2.39. The molecule has 1 aliphatic carbocycles. The van der Waals surface area contributed by atoms with Crippen LogP contribution in [0.15, 0.2) is 6.20 Å². The first-order valence-electron chi connectivity index (χ1n) is 7.02. The Kier molecular flexibility index (Phi) is 6.05. The van der Waals surface area contributed by atoms with Crippen molar-refractivity contribution in [2.24, 2.45) is 17.6 Å². The molecule has 1 saturated heterocycles. The van der Waals surface area contributed by atoms with Gasteiger partial charge in [0, 0.05) is 31.0 Å². The SMILES string of the molecule is CCc1nc(N2C[C@H](C3CC3)[C@@H](N)C2)ncc1C.Cl.Cl. The van der Waals surface area contributed by atoms with E-state index in [1.807, 2.05) is 6.20 Å². The zero-order valence-electron chi connectivity index (χ0n) is 12.1. The van der Waals surface area contributed by atoms with E-state index in [9.17, 15) is 0 Å². The molecule has 114 valence electrons. The topological polar surface area (TPSA) is 55.0 Å². The van der Waals surface area contributed by atoms with Gasteiger partial charge in [-0.25, -0.2) is 9.97 Å².